The molecular formula is C15H19ClN2S. The van der Waals surface area contributed by atoms with Gasteiger partial charge in [0.1, 0.15) is 0 Å². The van der Waals surface area contributed by atoms with E-state index < -0.39 is 0 Å². The van der Waals surface area contributed by atoms with Gasteiger partial charge in [-0.3, -0.25) is 0 Å². The molecule has 19 heavy (non-hydrogen) atoms. The van der Waals surface area contributed by atoms with Crippen LogP contribution in [0.15, 0.2) is 35.7 Å². The quantitative estimate of drug-likeness (QED) is 0.905. The molecule has 1 atom stereocenters. The lowest BCUT2D eigenvalue weighted by Crippen LogP contribution is -2.31. The highest BCUT2D eigenvalue weighted by molar-refractivity contribution is 7.09. The Labute approximate surface area is 123 Å². The van der Waals surface area contributed by atoms with Crippen LogP contribution in [0.25, 0.3) is 0 Å². The van der Waals surface area contributed by atoms with E-state index in [-0.39, 0.29) is 0 Å². The Hall–Kier alpha value is -1.03. The fourth-order valence-corrected chi connectivity index (χ4v) is 3.35. The average molecular weight is 295 g/mol. The summed E-state index contributed by atoms with van der Waals surface area (Å²) in [5.41, 5.74) is 7.95. The number of anilines is 1. The number of nitrogens with zero attached hydrogens (tertiary/aromatic N) is 1. The molecule has 2 N–H and O–H groups in total. The summed E-state index contributed by atoms with van der Waals surface area (Å²) >= 11 is 8.13. The molecule has 1 unspecified atom stereocenters. The van der Waals surface area contributed by atoms with Crippen molar-refractivity contribution in [3.63, 3.8) is 0 Å². The van der Waals surface area contributed by atoms with Crippen molar-refractivity contribution in [1.82, 2.24) is 0 Å². The summed E-state index contributed by atoms with van der Waals surface area (Å²) in [4.78, 5) is 3.62. The molecule has 1 aromatic carbocycles. The predicted octanol–water partition coefficient (Wildman–Crippen LogP) is 3.93. The second-order valence-corrected chi connectivity index (χ2v) is 6.13. The minimum Gasteiger partial charge on any atom is -0.370 e. The lowest BCUT2D eigenvalue weighted by molar-refractivity contribution is 0.685. The normalized spacial score (nSPS) is 12.4. The maximum atomic E-state index is 6.33. The van der Waals surface area contributed by atoms with Crippen molar-refractivity contribution in [2.45, 2.75) is 25.9 Å². The van der Waals surface area contributed by atoms with Gasteiger partial charge in [-0.1, -0.05) is 29.8 Å². The standard InChI is InChI=1S/C15H19ClN2S/c1-11(9-13-6-4-8-19-13)18(2)15-12(10-17)5-3-7-14(15)16/h3-8,11H,9-10,17H2,1-2H3. The van der Waals surface area contributed by atoms with Crippen molar-refractivity contribution in [3.8, 4) is 0 Å². The zero-order chi connectivity index (χ0) is 13.8. The van der Waals surface area contributed by atoms with Crippen LogP contribution in [0.3, 0.4) is 0 Å². The van der Waals surface area contributed by atoms with Crippen LogP contribution in [-0.4, -0.2) is 13.1 Å². The summed E-state index contributed by atoms with van der Waals surface area (Å²) in [6.07, 6.45) is 1.02. The molecule has 0 fully saturated rings. The van der Waals surface area contributed by atoms with E-state index in [1.54, 1.807) is 11.3 Å². The lowest BCUT2D eigenvalue weighted by atomic mass is 10.1. The Morgan fingerprint density at radius 1 is 1.32 bits per heavy atom. The molecule has 4 heteroatoms. The molecule has 102 valence electrons. The Morgan fingerprint density at radius 2 is 2.11 bits per heavy atom. The van der Waals surface area contributed by atoms with Gasteiger partial charge in [-0.2, -0.15) is 0 Å². The highest BCUT2D eigenvalue weighted by Gasteiger charge is 2.16. The number of rotatable bonds is 5. The van der Waals surface area contributed by atoms with Crippen molar-refractivity contribution in [2.75, 3.05) is 11.9 Å². The summed E-state index contributed by atoms with van der Waals surface area (Å²) in [6, 6.07) is 10.5. The number of benzene rings is 1. The minimum absolute atomic E-state index is 0.379. The van der Waals surface area contributed by atoms with E-state index in [0.29, 0.717) is 12.6 Å². The van der Waals surface area contributed by atoms with Crippen molar-refractivity contribution in [2.24, 2.45) is 5.73 Å². The van der Waals surface area contributed by atoms with Gasteiger partial charge in [-0.15, -0.1) is 11.3 Å². The molecule has 0 saturated carbocycles. The van der Waals surface area contributed by atoms with E-state index in [1.165, 1.54) is 4.88 Å². The number of likely N-dealkylation sites (N-methyl/N-ethyl adjacent to an activating group) is 1. The molecule has 0 saturated heterocycles. The van der Waals surface area contributed by atoms with Gasteiger partial charge in [0.15, 0.2) is 0 Å². The van der Waals surface area contributed by atoms with E-state index in [4.69, 9.17) is 17.3 Å². The molecule has 0 aliphatic heterocycles. The molecule has 0 bridgehead atoms. The Kier molecular flexibility index (Phi) is 4.86. The van der Waals surface area contributed by atoms with Crippen molar-refractivity contribution >= 4 is 28.6 Å². The van der Waals surface area contributed by atoms with Gasteiger partial charge >= 0.3 is 0 Å². The zero-order valence-corrected chi connectivity index (χ0v) is 12.8. The largest absolute Gasteiger partial charge is 0.370 e. The van der Waals surface area contributed by atoms with Gasteiger partial charge in [0.2, 0.25) is 0 Å². The van der Waals surface area contributed by atoms with Gasteiger partial charge in [0.05, 0.1) is 10.7 Å². The van der Waals surface area contributed by atoms with Crippen LogP contribution in [-0.2, 0) is 13.0 Å². The molecule has 2 rings (SSSR count). The minimum atomic E-state index is 0.379. The van der Waals surface area contributed by atoms with E-state index >= 15 is 0 Å². The molecule has 2 nitrogen and oxygen atoms in total. The number of halogens is 1. The topological polar surface area (TPSA) is 29.3 Å². The predicted molar refractivity (Wildman–Crippen MR) is 85.2 cm³/mol. The Morgan fingerprint density at radius 3 is 2.74 bits per heavy atom. The SMILES string of the molecule is CC(Cc1cccs1)N(C)c1c(Cl)cccc1CN. The fraction of sp³-hybridized carbons (Fsp3) is 0.333. The summed E-state index contributed by atoms with van der Waals surface area (Å²) in [5, 5.41) is 2.88. The highest BCUT2D eigenvalue weighted by Crippen LogP contribution is 2.31. The van der Waals surface area contributed by atoms with E-state index in [9.17, 15) is 0 Å². The molecule has 1 heterocycles. The zero-order valence-electron chi connectivity index (χ0n) is 11.3. The number of hydrogen-bond acceptors (Lipinski definition) is 3. The number of para-hydroxylation sites is 1. The van der Waals surface area contributed by atoms with E-state index in [0.717, 1.165) is 22.7 Å². The maximum absolute atomic E-state index is 6.33. The van der Waals surface area contributed by atoms with Gasteiger partial charge < -0.3 is 10.6 Å². The molecule has 0 aliphatic rings. The lowest BCUT2D eigenvalue weighted by Gasteiger charge is -2.29. The third-order valence-electron chi connectivity index (χ3n) is 3.38. The monoisotopic (exact) mass is 294 g/mol. The van der Waals surface area contributed by atoms with Crippen molar-refractivity contribution < 1.29 is 0 Å². The van der Waals surface area contributed by atoms with Crippen molar-refractivity contribution in [1.29, 1.82) is 0 Å². The molecular weight excluding hydrogens is 276 g/mol. The first-order valence-electron chi connectivity index (χ1n) is 6.36. The second kappa shape index (κ2) is 6.42. The first-order chi connectivity index (χ1) is 9.13. The average Bonchev–Trinajstić information content (AvgIpc) is 2.90. The summed E-state index contributed by atoms with van der Waals surface area (Å²) in [7, 11) is 2.08. The van der Waals surface area contributed by atoms with Crippen LogP contribution in [0.2, 0.25) is 5.02 Å². The number of thiophene rings is 1. The third-order valence-corrected chi connectivity index (χ3v) is 4.58. The fourth-order valence-electron chi connectivity index (χ4n) is 2.20. The summed E-state index contributed by atoms with van der Waals surface area (Å²) in [5.74, 6) is 0. The Balaban J connectivity index is 2.21. The molecule has 2 aromatic rings. The number of nitrogens with two attached hydrogens (primary N) is 1. The van der Waals surface area contributed by atoms with E-state index in [1.807, 2.05) is 18.2 Å². The molecule has 0 amide bonds. The van der Waals surface area contributed by atoms with Crippen LogP contribution in [0.4, 0.5) is 5.69 Å². The first-order valence-corrected chi connectivity index (χ1v) is 7.62. The van der Waals surface area contributed by atoms with E-state index in [2.05, 4.69) is 36.4 Å². The smallest absolute Gasteiger partial charge is 0.0642 e. The third kappa shape index (κ3) is 3.30. The van der Waals surface area contributed by atoms with Gasteiger partial charge in [-0.05, 0) is 30.0 Å². The van der Waals surface area contributed by atoms with Crippen LogP contribution >= 0.6 is 22.9 Å². The molecule has 0 aliphatic carbocycles. The van der Waals surface area contributed by atoms with Crippen molar-refractivity contribution in [3.05, 3.63) is 51.2 Å². The van der Waals surface area contributed by atoms with Gasteiger partial charge in [-0.25, -0.2) is 0 Å². The summed E-state index contributed by atoms with van der Waals surface area (Å²) < 4.78 is 0. The maximum Gasteiger partial charge on any atom is 0.0642 e. The number of hydrogen-bond donors (Lipinski definition) is 1. The molecule has 0 radical (unpaired) electrons. The summed E-state index contributed by atoms with van der Waals surface area (Å²) in [6.45, 7) is 2.72. The van der Waals surface area contributed by atoms with Crippen LogP contribution in [0, 0.1) is 0 Å². The second-order valence-electron chi connectivity index (χ2n) is 4.70. The van der Waals surface area contributed by atoms with Gasteiger partial charge in [0.25, 0.3) is 0 Å². The highest BCUT2D eigenvalue weighted by atomic mass is 35.5. The first kappa shape index (κ1) is 14.4. The Bertz CT molecular complexity index is 525. The van der Waals surface area contributed by atoms with Crippen LogP contribution < -0.4 is 10.6 Å². The van der Waals surface area contributed by atoms with Crippen LogP contribution in [0.1, 0.15) is 17.4 Å². The molecule has 0 spiro atoms. The molecule has 1 aromatic heterocycles. The van der Waals surface area contributed by atoms with Gasteiger partial charge in [0, 0.05) is 30.9 Å². The van der Waals surface area contributed by atoms with Crippen LogP contribution in [0.5, 0.6) is 0 Å².